The summed E-state index contributed by atoms with van der Waals surface area (Å²) in [5.74, 6) is 0.651. The molecule has 0 aliphatic carbocycles. The Labute approximate surface area is 99.2 Å². The SMILES string of the molecule is COc1ccccc1NC(=O)c1occc1C. The molecule has 17 heavy (non-hydrogen) atoms. The van der Waals surface area contributed by atoms with Crippen LogP contribution in [-0.2, 0) is 0 Å². The second-order valence-electron chi connectivity index (χ2n) is 3.59. The van der Waals surface area contributed by atoms with E-state index in [1.165, 1.54) is 6.26 Å². The molecule has 0 saturated carbocycles. The summed E-state index contributed by atoms with van der Waals surface area (Å²) in [4.78, 5) is 11.9. The van der Waals surface area contributed by atoms with Crippen LogP contribution in [0, 0.1) is 6.92 Å². The minimum absolute atomic E-state index is 0.281. The molecule has 1 aromatic carbocycles. The number of hydrogen-bond acceptors (Lipinski definition) is 3. The zero-order chi connectivity index (χ0) is 12.3. The molecule has 2 aromatic rings. The number of furan rings is 1. The zero-order valence-corrected chi connectivity index (χ0v) is 9.69. The van der Waals surface area contributed by atoms with Crippen LogP contribution in [0.2, 0.25) is 0 Å². The second-order valence-corrected chi connectivity index (χ2v) is 3.59. The van der Waals surface area contributed by atoms with Crippen molar-refractivity contribution in [3.05, 3.63) is 47.9 Å². The fourth-order valence-electron chi connectivity index (χ4n) is 1.53. The number of aryl methyl sites for hydroxylation is 1. The van der Waals surface area contributed by atoms with Crippen LogP contribution < -0.4 is 10.1 Å². The quantitative estimate of drug-likeness (QED) is 0.883. The largest absolute Gasteiger partial charge is 0.495 e. The number of amides is 1. The van der Waals surface area contributed by atoms with Gasteiger partial charge in [-0.05, 0) is 25.1 Å². The van der Waals surface area contributed by atoms with E-state index in [-0.39, 0.29) is 5.91 Å². The Morgan fingerprint density at radius 1 is 1.29 bits per heavy atom. The second kappa shape index (κ2) is 4.74. The van der Waals surface area contributed by atoms with Crippen molar-refractivity contribution in [1.82, 2.24) is 0 Å². The van der Waals surface area contributed by atoms with Crippen molar-refractivity contribution in [3.8, 4) is 5.75 Å². The van der Waals surface area contributed by atoms with E-state index < -0.39 is 0 Å². The molecule has 0 aliphatic heterocycles. The van der Waals surface area contributed by atoms with Crippen molar-refractivity contribution in [1.29, 1.82) is 0 Å². The van der Waals surface area contributed by atoms with Crippen molar-refractivity contribution in [2.45, 2.75) is 6.92 Å². The van der Waals surface area contributed by atoms with Crippen LogP contribution in [-0.4, -0.2) is 13.0 Å². The number of benzene rings is 1. The van der Waals surface area contributed by atoms with E-state index in [0.717, 1.165) is 5.56 Å². The lowest BCUT2D eigenvalue weighted by Crippen LogP contribution is -2.12. The Hall–Kier alpha value is -2.23. The van der Waals surface area contributed by atoms with Gasteiger partial charge >= 0.3 is 0 Å². The molecular formula is C13H13NO3. The molecule has 1 N–H and O–H groups in total. The van der Waals surface area contributed by atoms with Gasteiger partial charge in [-0.15, -0.1) is 0 Å². The molecule has 0 spiro atoms. The van der Waals surface area contributed by atoms with E-state index in [4.69, 9.17) is 9.15 Å². The van der Waals surface area contributed by atoms with E-state index >= 15 is 0 Å². The van der Waals surface area contributed by atoms with Crippen molar-refractivity contribution < 1.29 is 13.9 Å². The number of para-hydroxylation sites is 2. The first-order valence-electron chi connectivity index (χ1n) is 5.21. The molecule has 2 rings (SSSR count). The molecule has 4 heteroatoms. The van der Waals surface area contributed by atoms with Gasteiger partial charge in [0.1, 0.15) is 5.75 Å². The minimum Gasteiger partial charge on any atom is -0.495 e. The Morgan fingerprint density at radius 2 is 2.06 bits per heavy atom. The van der Waals surface area contributed by atoms with Crippen molar-refractivity contribution in [2.75, 3.05) is 12.4 Å². The van der Waals surface area contributed by atoms with Gasteiger partial charge in [0.2, 0.25) is 0 Å². The number of ether oxygens (including phenoxy) is 1. The summed E-state index contributed by atoms with van der Waals surface area (Å²) in [7, 11) is 1.56. The number of rotatable bonds is 3. The molecule has 0 aliphatic rings. The topological polar surface area (TPSA) is 51.5 Å². The third-order valence-electron chi connectivity index (χ3n) is 2.42. The van der Waals surface area contributed by atoms with E-state index in [2.05, 4.69) is 5.32 Å². The van der Waals surface area contributed by atoms with E-state index in [0.29, 0.717) is 17.2 Å². The van der Waals surface area contributed by atoms with Gasteiger partial charge in [0.15, 0.2) is 5.76 Å². The summed E-state index contributed by atoms with van der Waals surface area (Å²) in [6.45, 7) is 1.82. The van der Waals surface area contributed by atoms with Crippen molar-refractivity contribution >= 4 is 11.6 Å². The molecule has 88 valence electrons. The number of anilines is 1. The summed E-state index contributed by atoms with van der Waals surface area (Å²) in [6, 6.07) is 8.97. The monoisotopic (exact) mass is 231 g/mol. The molecule has 0 radical (unpaired) electrons. The third-order valence-corrected chi connectivity index (χ3v) is 2.42. The number of hydrogen-bond donors (Lipinski definition) is 1. The van der Waals surface area contributed by atoms with Gasteiger partial charge in [-0.25, -0.2) is 0 Å². The van der Waals surface area contributed by atoms with Crippen LogP contribution in [0.1, 0.15) is 16.1 Å². The predicted octanol–water partition coefficient (Wildman–Crippen LogP) is 2.85. The maximum Gasteiger partial charge on any atom is 0.291 e. The molecule has 1 aromatic heterocycles. The van der Waals surface area contributed by atoms with Crippen LogP contribution in [0.5, 0.6) is 5.75 Å². The highest BCUT2D eigenvalue weighted by molar-refractivity contribution is 6.03. The van der Waals surface area contributed by atoms with Gasteiger partial charge in [-0.2, -0.15) is 0 Å². The average Bonchev–Trinajstić information content (AvgIpc) is 2.76. The predicted molar refractivity (Wildman–Crippen MR) is 64.4 cm³/mol. The van der Waals surface area contributed by atoms with Gasteiger partial charge in [-0.3, -0.25) is 4.79 Å². The molecular weight excluding hydrogens is 218 g/mol. The number of carbonyl (C=O) groups excluding carboxylic acids is 1. The van der Waals surface area contributed by atoms with Gasteiger partial charge < -0.3 is 14.5 Å². The Balaban J connectivity index is 2.22. The van der Waals surface area contributed by atoms with Crippen LogP contribution in [0.4, 0.5) is 5.69 Å². The summed E-state index contributed by atoms with van der Waals surface area (Å²) >= 11 is 0. The number of nitrogens with one attached hydrogen (secondary N) is 1. The molecule has 1 heterocycles. The Kier molecular flexibility index (Phi) is 3.14. The standard InChI is InChI=1S/C13H13NO3/c1-9-7-8-17-12(9)13(15)14-10-5-3-4-6-11(10)16-2/h3-8H,1-2H3,(H,14,15). The Bertz CT molecular complexity index is 531. The number of carbonyl (C=O) groups is 1. The summed E-state index contributed by atoms with van der Waals surface area (Å²) in [6.07, 6.45) is 1.49. The lowest BCUT2D eigenvalue weighted by Gasteiger charge is -2.08. The number of methoxy groups -OCH3 is 1. The zero-order valence-electron chi connectivity index (χ0n) is 9.69. The van der Waals surface area contributed by atoms with Crippen LogP contribution >= 0.6 is 0 Å². The van der Waals surface area contributed by atoms with E-state index in [1.54, 1.807) is 25.3 Å². The van der Waals surface area contributed by atoms with Crippen LogP contribution in [0.15, 0.2) is 41.0 Å². The van der Waals surface area contributed by atoms with Crippen LogP contribution in [0.25, 0.3) is 0 Å². The fourth-order valence-corrected chi connectivity index (χ4v) is 1.53. The molecule has 0 bridgehead atoms. The normalized spacial score (nSPS) is 10.0. The van der Waals surface area contributed by atoms with Gasteiger partial charge in [0.05, 0.1) is 19.1 Å². The molecule has 0 atom stereocenters. The maximum atomic E-state index is 11.9. The lowest BCUT2D eigenvalue weighted by molar-refractivity contribution is 0.0995. The maximum absolute atomic E-state index is 11.9. The van der Waals surface area contributed by atoms with Gasteiger partial charge in [0.25, 0.3) is 5.91 Å². The molecule has 0 fully saturated rings. The molecule has 0 saturated heterocycles. The smallest absolute Gasteiger partial charge is 0.291 e. The third kappa shape index (κ3) is 2.30. The molecule has 4 nitrogen and oxygen atoms in total. The van der Waals surface area contributed by atoms with Crippen molar-refractivity contribution in [3.63, 3.8) is 0 Å². The lowest BCUT2D eigenvalue weighted by atomic mass is 10.2. The van der Waals surface area contributed by atoms with Crippen molar-refractivity contribution in [2.24, 2.45) is 0 Å². The van der Waals surface area contributed by atoms with Gasteiger partial charge in [0, 0.05) is 5.56 Å². The first kappa shape index (κ1) is 11.3. The molecule has 0 unspecified atom stereocenters. The fraction of sp³-hybridized carbons (Fsp3) is 0.154. The minimum atomic E-state index is -0.281. The highest BCUT2D eigenvalue weighted by Gasteiger charge is 2.14. The first-order chi connectivity index (χ1) is 8.22. The van der Waals surface area contributed by atoms with E-state index in [1.807, 2.05) is 19.1 Å². The highest BCUT2D eigenvalue weighted by atomic mass is 16.5. The molecule has 1 amide bonds. The highest BCUT2D eigenvalue weighted by Crippen LogP contribution is 2.24. The summed E-state index contributed by atoms with van der Waals surface area (Å²) in [5, 5.41) is 2.75. The summed E-state index contributed by atoms with van der Waals surface area (Å²) in [5.41, 5.74) is 1.42. The summed E-state index contributed by atoms with van der Waals surface area (Å²) < 4.78 is 10.3. The Morgan fingerprint density at radius 3 is 2.71 bits per heavy atom. The average molecular weight is 231 g/mol. The first-order valence-corrected chi connectivity index (χ1v) is 5.21. The van der Waals surface area contributed by atoms with Gasteiger partial charge in [-0.1, -0.05) is 12.1 Å². The van der Waals surface area contributed by atoms with Crippen LogP contribution in [0.3, 0.4) is 0 Å². The van der Waals surface area contributed by atoms with E-state index in [9.17, 15) is 4.79 Å².